The van der Waals surface area contributed by atoms with E-state index in [1.165, 1.54) is 29.8 Å². The molecule has 132 valence electrons. The van der Waals surface area contributed by atoms with Crippen LogP contribution in [-0.4, -0.2) is 18.3 Å². The van der Waals surface area contributed by atoms with Crippen molar-refractivity contribution in [2.75, 3.05) is 6.61 Å². The molecule has 0 heterocycles. The van der Waals surface area contributed by atoms with Gasteiger partial charge in [0, 0.05) is 5.56 Å². The number of hydrogen-bond acceptors (Lipinski definition) is 3. The molecule has 0 aromatic heterocycles. The van der Waals surface area contributed by atoms with Crippen molar-refractivity contribution in [3.63, 3.8) is 0 Å². The van der Waals surface area contributed by atoms with E-state index in [-0.39, 0.29) is 30.2 Å². The van der Waals surface area contributed by atoms with Crippen LogP contribution >= 0.6 is 0 Å². The third kappa shape index (κ3) is 5.60. The summed E-state index contributed by atoms with van der Waals surface area (Å²) in [5.74, 6) is -0.587. The van der Waals surface area contributed by atoms with Crippen LogP contribution in [0.5, 0.6) is 0 Å². The van der Waals surface area contributed by atoms with Crippen molar-refractivity contribution in [1.29, 1.82) is 0 Å². The van der Waals surface area contributed by atoms with Gasteiger partial charge < -0.3 is 15.9 Å². The number of carbonyl (C=O) groups excluding carboxylic acids is 1. The minimum atomic E-state index is -0.363. The molecule has 0 radical (unpaired) electrons. The lowest BCUT2D eigenvalue weighted by molar-refractivity contribution is -0.126. The molecule has 0 aliphatic carbocycles. The van der Waals surface area contributed by atoms with Crippen LogP contribution in [0.25, 0.3) is 0 Å². The fraction of sp³-hybridized carbons (Fsp3) is 0.263. The first-order chi connectivity index (χ1) is 12.0. The summed E-state index contributed by atoms with van der Waals surface area (Å²) in [7, 11) is 0. The lowest BCUT2D eigenvalue weighted by Crippen LogP contribution is -2.30. The average molecular weight is 343 g/mol. The summed E-state index contributed by atoms with van der Waals surface area (Å²) < 4.78 is 12.8. The Labute approximate surface area is 146 Å². The Morgan fingerprint density at radius 2 is 1.84 bits per heavy atom. The molecular formula is C19H22FN3O2. The number of nitrogens with zero attached hydrogens (tertiary/aromatic N) is 1. The minimum Gasteiger partial charge on any atom is -0.384 e. The Hall–Kier alpha value is -2.89. The Bertz CT molecular complexity index is 727. The van der Waals surface area contributed by atoms with Crippen molar-refractivity contribution in [3.05, 3.63) is 71.0 Å². The minimum absolute atomic E-state index is 0.0796. The molecule has 1 atom stereocenters. The second-order valence-corrected chi connectivity index (χ2v) is 5.64. The third-order valence-corrected chi connectivity index (χ3v) is 3.76. The number of aryl methyl sites for hydroxylation is 1. The molecule has 5 nitrogen and oxygen atoms in total. The monoisotopic (exact) mass is 343 g/mol. The molecule has 0 saturated heterocycles. The van der Waals surface area contributed by atoms with Crippen LogP contribution in [0.3, 0.4) is 0 Å². The van der Waals surface area contributed by atoms with Gasteiger partial charge in [-0.2, -0.15) is 0 Å². The van der Waals surface area contributed by atoms with E-state index in [0.29, 0.717) is 5.56 Å². The van der Waals surface area contributed by atoms with Crippen molar-refractivity contribution in [1.82, 2.24) is 5.32 Å². The van der Waals surface area contributed by atoms with Gasteiger partial charge in [-0.25, -0.2) is 4.39 Å². The maximum Gasteiger partial charge on any atom is 0.261 e. The average Bonchev–Trinajstić information content (AvgIpc) is 2.62. The normalized spacial score (nSPS) is 12.5. The second kappa shape index (κ2) is 8.82. The van der Waals surface area contributed by atoms with Gasteiger partial charge in [-0.1, -0.05) is 36.3 Å². The molecule has 0 aliphatic heterocycles. The molecule has 2 aromatic carbocycles. The molecule has 0 bridgehead atoms. The highest BCUT2D eigenvalue weighted by atomic mass is 19.1. The lowest BCUT2D eigenvalue weighted by Gasteiger charge is -2.14. The van der Waals surface area contributed by atoms with Crippen LogP contribution in [0.1, 0.15) is 36.6 Å². The van der Waals surface area contributed by atoms with Crippen LogP contribution in [0, 0.1) is 5.82 Å². The lowest BCUT2D eigenvalue weighted by atomic mass is 10.1. The first kappa shape index (κ1) is 18.4. The highest BCUT2D eigenvalue weighted by Crippen LogP contribution is 2.13. The molecule has 2 rings (SSSR count). The van der Waals surface area contributed by atoms with Crippen molar-refractivity contribution in [2.24, 2.45) is 10.9 Å². The number of nitrogens with two attached hydrogens (primary N) is 1. The number of nitrogens with one attached hydrogen (secondary N) is 1. The fourth-order valence-corrected chi connectivity index (χ4v) is 2.24. The summed E-state index contributed by atoms with van der Waals surface area (Å²) >= 11 is 0. The summed E-state index contributed by atoms with van der Waals surface area (Å²) in [6.07, 6.45) is 0.975. The maximum atomic E-state index is 12.8. The number of halogens is 1. The maximum absolute atomic E-state index is 12.8. The Morgan fingerprint density at radius 3 is 2.44 bits per heavy atom. The van der Waals surface area contributed by atoms with E-state index in [0.717, 1.165) is 12.0 Å². The highest BCUT2D eigenvalue weighted by molar-refractivity contribution is 5.97. The molecule has 0 fully saturated rings. The Morgan fingerprint density at radius 1 is 1.20 bits per heavy atom. The topological polar surface area (TPSA) is 76.7 Å². The number of amides is 1. The van der Waals surface area contributed by atoms with E-state index in [1.54, 1.807) is 0 Å². The second-order valence-electron chi connectivity index (χ2n) is 5.64. The zero-order valence-corrected chi connectivity index (χ0v) is 14.3. The summed E-state index contributed by atoms with van der Waals surface area (Å²) in [6, 6.07) is 13.5. The molecule has 1 unspecified atom stereocenters. The Balaban J connectivity index is 1.83. The van der Waals surface area contributed by atoms with E-state index in [4.69, 9.17) is 10.6 Å². The molecule has 3 N–H and O–H groups in total. The van der Waals surface area contributed by atoms with Crippen molar-refractivity contribution < 1.29 is 14.0 Å². The van der Waals surface area contributed by atoms with Gasteiger partial charge in [0.05, 0.1) is 6.04 Å². The summed E-state index contributed by atoms with van der Waals surface area (Å²) in [5.41, 5.74) is 8.50. The molecule has 0 aliphatic rings. The SMILES string of the molecule is CCc1ccc(C(C)NC(=O)CO/N=C(\N)c2ccc(F)cc2)cc1. The molecule has 2 aromatic rings. The summed E-state index contributed by atoms with van der Waals surface area (Å²) in [4.78, 5) is 16.9. The van der Waals surface area contributed by atoms with Gasteiger partial charge in [-0.15, -0.1) is 0 Å². The van der Waals surface area contributed by atoms with E-state index in [2.05, 4.69) is 17.4 Å². The molecule has 1 amide bonds. The predicted molar refractivity (Wildman–Crippen MR) is 95.5 cm³/mol. The van der Waals surface area contributed by atoms with Gasteiger partial charge in [0.25, 0.3) is 5.91 Å². The van der Waals surface area contributed by atoms with Crippen LogP contribution in [0.2, 0.25) is 0 Å². The molecule has 6 heteroatoms. The van der Waals surface area contributed by atoms with Crippen LogP contribution in [0.15, 0.2) is 53.7 Å². The van der Waals surface area contributed by atoms with E-state index in [9.17, 15) is 9.18 Å². The van der Waals surface area contributed by atoms with Crippen molar-refractivity contribution in [3.8, 4) is 0 Å². The van der Waals surface area contributed by atoms with Gasteiger partial charge in [0.2, 0.25) is 0 Å². The van der Waals surface area contributed by atoms with Crippen molar-refractivity contribution in [2.45, 2.75) is 26.3 Å². The first-order valence-corrected chi connectivity index (χ1v) is 8.09. The fourth-order valence-electron chi connectivity index (χ4n) is 2.24. The molecule has 0 spiro atoms. The summed E-state index contributed by atoms with van der Waals surface area (Å²) in [5, 5.41) is 6.51. The smallest absolute Gasteiger partial charge is 0.261 e. The molecule has 25 heavy (non-hydrogen) atoms. The zero-order chi connectivity index (χ0) is 18.2. The van der Waals surface area contributed by atoms with Gasteiger partial charge in [-0.3, -0.25) is 4.79 Å². The quantitative estimate of drug-likeness (QED) is 0.461. The third-order valence-electron chi connectivity index (χ3n) is 3.76. The number of rotatable bonds is 7. The molecule has 0 saturated carbocycles. The van der Waals surface area contributed by atoms with Gasteiger partial charge in [-0.05, 0) is 48.7 Å². The van der Waals surface area contributed by atoms with Crippen LogP contribution < -0.4 is 11.1 Å². The van der Waals surface area contributed by atoms with Crippen LogP contribution in [-0.2, 0) is 16.1 Å². The highest BCUT2D eigenvalue weighted by Gasteiger charge is 2.10. The summed E-state index contributed by atoms with van der Waals surface area (Å²) in [6.45, 7) is 3.74. The zero-order valence-electron chi connectivity index (χ0n) is 14.3. The Kier molecular flexibility index (Phi) is 6.51. The standard InChI is InChI=1S/C19H22FN3O2/c1-3-14-4-6-15(7-5-14)13(2)22-18(24)12-25-23-19(21)16-8-10-17(20)11-9-16/h4-11,13H,3,12H2,1-2H3,(H2,21,23)(H,22,24). The number of hydrogen-bond donors (Lipinski definition) is 2. The predicted octanol–water partition coefficient (Wildman–Crippen LogP) is 2.90. The van der Waals surface area contributed by atoms with Gasteiger partial charge in [0.15, 0.2) is 12.4 Å². The van der Waals surface area contributed by atoms with Gasteiger partial charge >= 0.3 is 0 Å². The van der Waals surface area contributed by atoms with Crippen LogP contribution in [0.4, 0.5) is 4.39 Å². The number of oxime groups is 1. The van der Waals surface area contributed by atoms with E-state index < -0.39 is 0 Å². The largest absolute Gasteiger partial charge is 0.384 e. The number of amidine groups is 1. The van der Waals surface area contributed by atoms with Gasteiger partial charge in [0.1, 0.15) is 5.82 Å². The number of benzene rings is 2. The van der Waals surface area contributed by atoms with Crippen molar-refractivity contribution >= 4 is 11.7 Å². The van der Waals surface area contributed by atoms with E-state index >= 15 is 0 Å². The molecular weight excluding hydrogens is 321 g/mol. The number of carbonyl (C=O) groups is 1. The first-order valence-electron chi connectivity index (χ1n) is 8.09. The van der Waals surface area contributed by atoms with E-state index in [1.807, 2.05) is 31.2 Å².